The number of nitrogens with zero attached hydrogens (tertiary/aromatic N) is 2. The number of hydrogen-bond acceptors (Lipinski definition) is 4. The zero-order valence-corrected chi connectivity index (χ0v) is 13.8. The molecule has 1 heterocycles. The van der Waals surface area contributed by atoms with E-state index in [9.17, 15) is 9.59 Å². The molecule has 0 aliphatic carbocycles. The predicted molar refractivity (Wildman–Crippen MR) is 92.7 cm³/mol. The molecule has 24 heavy (non-hydrogen) atoms. The molecule has 3 aromatic rings. The summed E-state index contributed by atoms with van der Waals surface area (Å²) in [6.07, 6.45) is 1.57. The number of carbonyl (C=O) groups is 1. The average Bonchev–Trinajstić information content (AvgIpc) is 2.58. The normalized spacial score (nSPS) is 10.8. The summed E-state index contributed by atoms with van der Waals surface area (Å²) in [5.41, 5.74) is 1.05. The van der Waals surface area contributed by atoms with Crippen molar-refractivity contribution in [1.29, 1.82) is 0 Å². The molecule has 0 atom stereocenters. The first-order valence-electron chi connectivity index (χ1n) is 7.37. The zero-order chi connectivity index (χ0) is 17.1. The monoisotopic (exact) mass is 342 g/mol. The molecule has 5 nitrogen and oxygen atoms in total. The van der Waals surface area contributed by atoms with Gasteiger partial charge in [0.2, 0.25) is 0 Å². The van der Waals surface area contributed by atoms with Crippen molar-refractivity contribution < 1.29 is 9.53 Å². The quantitative estimate of drug-likeness (QED) is 0.715. The fourth-order valence-electron chi connectivity index (χ4n) is 2.55. The van der Waals surface area contributed by atoms with Crippen LogP contribution >= 0.6 is 11.6 Å². The van der Waals surface area contributed by atoms with Crippen molar-refractivity contribution in [3.8, 4) is 5.75 Å². The van der Waals surface area contributed by atoms with Crippen LogP contribution < -0.4 is 10.3 Å². The third kappa shape index (κ3) is 3.31. The van der Waals surface area contributed by atoms with Gasteiger partial charge in [-0.15, -0.1) is 0 Å². The van der Waals surface area contributed by atoms with Gasteiger partial charge in [0.15, 0.2) is 5.78 Å². The maximum absolute atomic E-state index is 12.5. The molecule has 0 fully saturated rings. The van der Waals surface area contributed by atoms with E-state index >= 15 is 0 Å². The van der Waals surface area contributed by atoms with Crippen LogP contribution in [-0.2, 0) is 17.8 Å². The number of rotatable bonds is 5. The van der Waals surface area contributed by atoms with Gasteiger partial charge in [0.1, 0.15) is 5.75 Å². The van der Waals surface area contributed by atoms with Gasteiger partial charge in [0, 0.05) is 17.0 Å². The van der Waals surface area contributed by atoms with Crippen molar-refractivity contribution in [3.63, 3.8) is 0 Å². The molecule has 0 aliphatic heterocycles. The topological polar surface area (TPSA) is 61.2 Å². The summed E-state index contributed by atoms with van der Waals surface area (Å²) >= 11 is 5.90. The number of ether oxygens (including phenoxy) is 1. The Balaban J connectivity index is 1.84. The summed E-state index contributed by atoms with van der Waals surface area (Å²) in [7, 11) is 1.56. The summed E-state index contributed by atoms with van der Waals surface area (Å²) in [6.45, 7) is -0.0392. The van der Waals surface area contributed by atoms with Crippen LogP contribution in [0.15, 0.2) is 53.6 Å². The molecule has 0 spiro atoms. The smallest absolute Gasteiger partial charge is 0.261 e. The van der Waals surface area contributed by atoms with Gasteiger partial charge in [-0.25, -0.2) is 4.98 Å². The summed E-state index contributed by atoms with van der Waals surface area (Å²) in [5.74, 6) is 0.557. The minimum atomic E-state index is -0.259. The number of carbonyl (C=O) groups excluding carboxylic acids is 1. The highest BCUT2D eigenvalue weighted by Crippen LogP contribution is 2.18. The van der Waals surface area contributed by atoms with Crippen molar-refractivity contribution >= 4 is 28.3 Å². The van der Waals surface area contributed by atoms with E-state index in [-0.39, 0.29) is 24.3 Å². The number of Topliss-reactive ketones (excluding diaryl/α,β-unsaturated/α-hetero) is 1. The standard InChI is InChI=1S/C18H15ClN2O3/c1-24-17-5-3-2-4-12(17)8-14(22)10-21-11-20-16-9-13(19)6-7-15(16)18(21)23/h2-7,9,11H,8,10H2,1H3. The molecule has 0 radical (unpaired) electrons. The van der Waals surface area contributed by atoms with E-state index in [1.807, 2.05) is 18.2 Å². The lowest BCUT2D eigenvalue weighted by Gasteiger charge is -2.09. The SMILES string of the molecule is COc1ccccc1CC(=O)Cn1cnc2cc(Cl)ccc2c1=O. The third-order valence-corrected chi connectivity index (χ3v) is 3.95. The first kappa shape index (κ1) is 16.2. The number of halogens is 1. The first-order chi connectivity index (χ1) is 11.6. The van der Waals surface area contributed by atoms with Crippen LogP contribution in [-0.4, -0.2) is 22.4 Å². The number of methoxy groups -OCH3 is 1. The number of aromatic nitrogens is 2. The minimum absolute atomic E-state index is 0.0392. The maximum Gasteiger partial charge on any atom is 0.261 e. The van der Waals surface area contributed by atoms with Gasteiger partial charge in [-0.2, -0.15) is 0 Å². The van der Waals surface area contributed by atoms with Crippen LogP contribution in [0.4, 0.5) is 0 Å². The Kier molecular flexibility index (Phi) is 4.62. The van der Waals surface area contributed by atoms with Crippen molar-refractivity contribution in [2.75, 3.05) is 7.11 Å². The molecule has 0 amide bonds. The van der Waals surface area contributed by atoms with Crippen LogP contribution in [0.25, 0.3) is 10.9 Å². The third-order valence-electron chi connectivity index (χ3n) is 3.71. The molecular weight excluding hydrogens is 328 g/mol. The molecule has 0 aliphatic rings. The fraction of sp³-hybridized carbons (Fsp3) is 0.167. The molecule has 2 aromatic carbocycles. The van der Waals surface area contributed by atoms with E-state index in [0.29, 0.717) is 21.7 Å². The number of fused-ring (bicyclic) bond motifs is 1. The molecule has 0 saturated carbocycles. The lowest BCUT2D eigenvalue weighted by atomic mass is 10.1. The average molecular weight is 343 g/mol. The first-order valence-corrected chi connectivity index (χ1v) is 7.74. The Morgan fingerprint density at radius 3 is 2.83 bits per heavy atom. The van der Waals surface area contributed by atoms with E-state index in [2.05, 4.69) is 4.98 Å². The largest absolute Gasteiger partial charge is 0.496 e. The van der Waals surface area contributed by atoms with Gasteiger partial charge >= 0.3 is 0 Å². The lowest BCUT2D eigenvalue weighted by molar-refractivity contribution is -0.119. The predicted octanol–water partition coefficient (Wildman–Crippen LogP) is 2.87. The Morgan fingerprint density at radius 1 is 1.25 bits per heavy atom. The molecule has 0 unspecified atom stereocenters. The van der Waals surface area contributed by atoms with Gasteiger partial charge in [-0.05, 0) is 24.3 Å². The summed E-state index contributed by atoms with van der Waals surface area (Å²) in [5, 5.41) is 0.950. The second-order valence-electron chi connectivity index (χ2n) is 5.37. The van der Waals surface area contributed by atoms with Gasteiger partial charge < -0.3 is 4.74 Å². The van der Waals surface area contributed by atoms with Crippen LogP contribution in [0.5, 0.6) is 5.75 Å². The van der Waals surface area contributed by atoms with Crippen LogP contribution in [0.2, 0.25) is 5.02 Å². The van der Waals surface area contributed by atoms with E-state index < -0.39 is 0 Å². The van der Waals surface area contributed by atoms with E-state index in [1.165, 1.54) is 10.9 Å². The van der Waals surface area contributed by atoms with Crippen molar-refractivity contribution in [3.05, 3.63) is 69.7 Å². The van der Waals surface area contributed by atoms with Crippen molar-refractivity contribution in [1.82, 2.24) is 9.55 Å². The minimum Gasteiger partial charge on any atom is -0.496 e. The molecule has 0 N–H and O–H groups in total. The second-order valence-corrected chi connectivity index (χ2v) is 5.80. The highest BCUT2D eigenvalue weighted by atomic mass is 35.5. The van der Waals surface area contributed by atoms with Crippen LogP contribution in [0, 0.1) is 0 Å². The fourth-order valence-corrected chi connectivity index (χ4v) is 2.72. The molecule has 0 saturated heterocycles. The Morgan fingerprint density at radius 2 is 2.04 bits per heavy atom. The van der Waals surface area contributed by atoms with Gasteiger partial charge in [-0.1, -0.05) is 29.8 Å². The van der Waals surface area contributed by atoms with Gasteiger partial charge in [-0.3, -0.25) is 14.2 Å². The zero-order valence-electron chi connectivity index (χ0n) is 13.0. The summed E-state index contributed by atoms with van der Waals surface area (Å²) in [4.78, 5) is 29.0. The molecule has 122 valence electrons. The lowest BCUT2D eigenvalue weighted by Crippen LogP contribution is -2.25. The number of para-hydroxylation sites is 1. The van der Waals surface area contributed by atoms with E-state index in [4.69, 9.17) is 16.3 Å². The van der Waals surface area contributed by atoms with E-state index in [0.717, 1.165) is 5.56 Å². The van der Waals surface area contributed by atoms with Crippen molar-refractivity contribution in [2.24, 2.45) is 0 Å². The Labute approximate surface area is 143 Å². The summed E-state index contributed by atoms with van der Waals surface area (Å²) in [6, 6.07) is 12.2. The van der Waals surface area contributed by atoms with Crippen LogP contribution in [0.1, 0.15) is 5.56 Å². The molecule has 1 aromatic heterocycles. The molecular formula is C18H15ClN2O3. The molecule has 0 bridgehead atoms. The number of benzene rings is 2. The Hall–Kier alpha value is -2.66. The second kappa shape index (κ2) is 6.84. The highest BCUT2D eigenvalue weighted by molar-refractivity contribution is 6.31. The molecule has 6 heteroatoms. The highest BCUT2D eigenvalue weighted by Gasteiger charge is 2.11. The van der Waals surface area contributed by atoms with Gasteiger partial charge in [0.05, 0.1) is 30.9 Å². The van der Waals surface area contributed by atoms with E-state index in [1.54, 1.807) is 31.4 Å². The summed E-state index contributed by atoms with van der Waals surface area (Å²) < 4.78 is 6.56. The maximum atomic E-state index is 12.5. The van der Waals surface area contributed by atoms with Crippen LogP contribution in [0.3, 0.4) is 0 Å². The van der Waals surface area contributed by atoms with Crippen molar-refractivity contribution in [2.45, 2.75) is 13.0 Å². The van der Waals surface area contributed by atoms with Gasteiger partial charge in [0.25, 0.3) is 5.56 Å². The Bertz CT molecular complexity index is 966. The number of hydrogen-bond donors (Lipinski definition) is 0. The molecule has 3 rings (SSSR count). The number of ketones is 1.